The molecule has 0 radical (unpaired) electrons. The van der Waals surface area contributed by atoms with Crippen LogP contribution in [-0.4, -0.2) is 55.9 Å². The summed E-state index contributed by atoms with van der Waals surface area (Å²) in [7, 11) is 0. The van der Waals surface area contributed by atoms with E-state index >= 15 is 0 Å². The predicted octanol–water partition coefficient (Wildman–Crippen LogP) is 1.08. The summed E-state index contributed by atoms with van der Waals surface area (Å²) < 4.78 is -0.771. The molecule has 2 aliphatic rings. The van der Waals surface area contributed by atoms with Crippen molar-refractivity contribution >= 4 is 41.1 Å². The summed E-state index contributed by atoms with van der Waals surface area (Å²) in [6.45, 7) is 1.73. The number of β-lactam (4-membered cyclic amide) rings is 1. The third-order valence-corrected chi connectivity index (χ3v) is 6.71. The molecule has 3 rings (SSSR count). The fourth-order valence-corrected chi connectivity index (χ4v) is 5.10. The first kappa shape index (κ1) is 17.1. The Labute approximate surface area is 148 Å². The molecule has 2 fully saturated rings. The fraction of sp³-hybridized carbons (Fsp3) is 0.438. The van der Waals surface area contributed by atoms with Crippen molar-refractivity contribution in [3.05, 3.63) is 35.9 Å². The van der Waals surface area contributed by atoms with Crippen molar-refractivity contribution in [1.29, 1.82) is 0 Å². The zero-order chi connectivity index (χ0) is 17.5. The van der Waals surface area contributed by atoms with Gasteiger partial charge in [-0.2, -0.15) is 0 Å². The van der Waals surface area contributed by atoms with E-state index in [1.54, 1.807) is 6.92 Å². The molecule has 2 heterocycles. The van der Waals surface area contributed by atoms with Crippen molar-refractivity contribution in [3.63, 3.8) is 0 Å². The number of hydrogen-bond acceptors (Lipinski definition) is 4. The lowest BCUT2D eigenvalue weighted by molar-refractivity contribution is -0.161. The summed E-state index contributed by atoms with van der Waals surface area (Å²) in [6, 6.07) is 7.55. The second-order valence-electron chi connectivity index (χ2n) is 6.15. The molecular formula is C16H17ClN2O4S. The Hall–Kier alpha value is -1.73. The van der Waals surface area contributed by atoms with Gasteiger partial charge in [-0.1, -0.05) is 30.3 Å². The number of aliphatic carboxylic acids is 1. The minimum absolute atomic E-state index is 0.111. The molecule has 1 aromatic rings. The number of amides is 2. The van der Waals surface area contributed by atoms with Gasteiger partial charge in [-0.3, -0.25) is 9.59 Å². The second-order valence-corrected chi connectivity index (χ2v) is 8.07. The molecular weight excluding hydrogens is 352 g/mol. The number of benzene rings is 1. The highest BCUT2D eigenvalue weighted by Crippen LogP contribution is 2.51. The van der Waals surface area contributed by atoms with Crippen molar-refractivity contribution in [2.75, 3.05) is 5.88 Å². The van der Waals surface area contributed by atoms with Crippen LogP contribution in [0.25, 0.3) is 0 Å². The molecule has 0 spiro atoms. The molecule has 0 bridgehead atoms. The van der Waals surface area contributed by atoms with Gasteiger partial charge >= 0.3 is 5.97 Å². The van der Waals surface area contributed by atoms with Gasteiger partial charge in [0.25, 0.3) is 0 Å². The summed E-state index contributed by atoms with van der Waals surface area (Å²) in [4.78, 5) is 37.4. The first-order valence-corrected chi connectivity index (χ1v) is 8.91. The number of carbonyl (C=O) groups excluding carboxylic acids is 2. The number of rotatable bonds is 5. The number of halogens is 1. The lowest BCUT2D eigenvalue weighted by Crippen LogP contribution is -2.70. The third-order valence-electron chi connectivity index (χ3n) is 4.35. The van der Waals surface area contributed by atoms with Crippen LogP contribution in [0.4, 0.5) is 0 Å². The third kappa shape index (κ3) is 2.75. The Balaban J connectivity index is 1.69. The topological polar surface area (TPSA) is 86.7 Å². The fourth-order valence-electron chi connectivity index (χ4n) is 3.14. The van der Waals surface area contributed by atoms with Gasteiger partial charge in [0.05, 0.1) is 11.2 Å². The normalized spacial score (nSPS) is 31.3. The van der Waals surface area contributed by atoms with Crippen LogP contribution in [0, 0.1) is 0 Å². The zero-order valence-corrected chi connectivity index (χ0v) is 14.5. The Morgan fingerprint density at radius 3 is 2.62 bits per heavy atom. The number of thioether (sulfide) groups is 1. The standard InChI is InChI=1S/C16H17ClN2O4S/c1-16(8-17)12(15(22)23)19-13(21)11(14(19)24-16)18-10(20)7-9-5-3-2-4-6-9/h2-6,11-12,14H,7-8H2,1H3,(H,18,20)(H,22,23)/t11?,12?,14-,16?/m1/s1. The Morgan fingerprint density at radius 2 is 2.04 bits per heavy atom. The van der Waals surface area contributed by atoms with E-state index in [1.165, 1.54) is 16.7 Å². The summed E-state index contributed by atoms with van der Waals surface area (Å²) in [5.74, 6) is -1.59. The molecule has 2 aliphatic heterocycles. The number of alkyl halides is 1. The van der Waals surface area contributed by atoms with E-state index in [4.69, 9.17) is 11.6 Å². The average molecular weight is 369 g/mol. The van der Waals surface area contributed by atoms with Crippen LogP contribution in [0.5, 0.6) is 0 Å². The molecule has 0 aromatic heterocycles. The van der Waals surface area contributed by atoms with Crippen LogP contribution in [-0.2, 0) is 20.8 Å². The van der Waals surface area contributed by atoms with E-state index in [9.17, 15) is 19.5 Å². The van der Waals surface area contributed by atoms with Crippen molar-refractivity contribution in [3.8, 4) is 0 Å². The highest BCUT2D eigenvalue weighted by Gasteiger charge is 2.65. The van der Waals surface area contributed by atoms with Crippen molar-refractivity contribution < 1.29 is 19.5 Å². The SMILES string of the molecule is CC1(CCl)S[C@@H]2C(NC(=O)Cc3ccccc3)C(=O)N2C1C(=O)O. The van der Waals surface area contributed by atoms with Crippen molar-refractivity contribution in [2.24, 2.45) is 0 Å². The molecule has 128 valence electrons. The largest absolute Gasteiger partial charge is 0.480 e. The molecule has 2 N–H and O–H groups in total. The first-order chi connectivity index (χ1) is 11.4. The van der Waals surface area contributed by atoms with E-state index in [1.807, 2.05) is 30.3 Å². The first-order valence-electron chi connectivity index (χ1n) is 7.49. The van der Waals surface area contributed by atoms with Crippen molar-refractivity contribution in [2.45, 2.75) is 35.5 Å². The Bertz CT molecular complexity index is 686. The molecule has 6 nitrogen and oxygen atoms in total. The van der Waals surface area contributed by atoms with Crippen LogP contribution in [0.1, 0.15) is 12.5 Å². The molecule has 4 atom stereocenters. The minimum Gasteiger partial charge on any atom is -0.480 e. The van der Waals surface area contributed by atoms with E-state index < -0.39 is 22.8 Å². The molecule has 24 heavy (non-hydrogen) atoms. The van der Waals surface area contributed by atoms with E-state index in [2.05, 4.69) is 5.32 Å². The summed E-state index contributed by atoms with van der Waals surface area (Å²) >= 11 is 7.28. The highest BCUT2D eigenvalue weighted by molar-refractivity contribution is 8.01. The number of carboxylic acids is 1. The molecule has 2 saturated heterocycles. The zero-order valence-electron chi connectivity index (χ0n) is 12.9. The lowest BCUT2D eigenvalue weighted by atomic mass is 9.95. The lowest BCUT2D eigenvalue weighted by Gasteiger charge is -2.43. The van der Waals surface area contributed by atoms with Gasteiger partial charge in [-0.05, 0) is 12.5 Å². The van der Waals surface area contributed by atoms with Crippen LogP contribution in [0.3, 0.4) is 0 Å². The molecule has 3 unspecified atom stereocenters. The monoisotopic (exact) mass is 368 g/mol. The Kier molecular flexibility index (Phi) is 4.48. The molecule has 0 saturated carbocycles. The molecule has 1 aromatic carbocycles. The summed E-state index contributed by atoms with van der Waals surface area (Å²) in [6.07, 6.45) is 0.178. The van der Waals surface area contributed by atoms with Gasteiger partial charge in [0.2, 0.25) is 11.8 Å². The summed E-state index contributed by atoms with van der Waals surface area (Å²) in [5.41, 5.74) is 0.853. The van der Waals surface area contributed by atoms with Gasteiger partial charge in [-0.15, -0.1) is 23.4 Å². The van der Waals surface area contributed by atoms with Gasteiger partial charge in [-0.25, -0.2) is 4.79 Å². The smallest absolute Gasteiger partial charge is 0.327 e. The van der Waals surface area contributed by atoms with Gasteiger partial charge < -0.3 is 15.3 Å². The number of nitrogens with zero attached hydrogens (tertiary/aromatic N) is 1. The van der Waals surface area contributed by atoms with E-state index in [0.29, 0.717) is 0 Å². The predicted molar refractivity (Wildman–Crippen MR) is 90.9 cm³/mol. The van der Waals surface area contributed by atoms with E-state index in [0.717, 1.165) is 5.56 Å². The Morgan fingerprint density at radius 1 is 1.38 bits per heavy atom. The number of carbonyl (C=O) groups is 3. The number of hydrogen-bond donors (Lipinski definition) is 2. The number of nitrogens with one attached hydrogen (secondary N) is 1. The van der Waals surface area contributed by atoms with E-state index in [-0.39, 0.29) is 29.5 Å². The van der Waals surface area contributed by atoms with Crippen molar-refractivity contribution in [1.82, 2.24) is 10.2 Å². The quantitative estimate of drug-likeness (QED) is 0.600. The molecule has 2 amide bonds. The number of fused-ring (bicyclic) bond motifs is 1. The maximum Gasteiger partial charge on any atom is 0.327 e. The second kappa shape index (κ2) is 6.29. The molecule has 8 heteroatoms. The highest BCUT2D eigenvalue weighted by atomic mass is 35.5. The van der Waals surface area contributed by atoms with Gasteiger partial charge in [0.1, 0.15) is 17.5 Å². The number of carboxylic acid groups (broad SMARTS) is 1. The van der Waals surface area contributed by atoms with Crippen LogP contribution in [0.2, 0.25) is 0 Å². The van der Waals surface area contributed by atoms with Crippen LogP contribution >= 0.6 is 23.4 Å². The van der Waals surface area contributed by atoms with Crippen LogP contribution in [0.15, 0.2) is 30.3 Å². The molecule has 0 aliphatic carbocycles. The van der Waals surface area contributed by atoms with Gasteiger partial charge in [0.15, 0.2) is 0 Å². The maximum absolute atomic E-state index is 12.3. The average Bonchev–Trinajstić information content (AvgIpc) is 2.84. The maximum atomic E-state index is 12.3. The van der Waals surface area contributed by atoms with Gasteiger partial charge in [0, 0.05) is 5.88 Å². The minimum atomic E-state index is -1.07. The van der Waals surface area contributed by atoms with Crippen LogP contribution < -0.4 is 5.32 Å². The summed E-state index contributed by atoms with van der Waals surface area (Å²) in [5, 5.41) is 11.8.